The van der Waals surface area contributed by atoms with Crippen LogP contribution in [-0.4, -0.2) is 47.1 Å². The van der Waals surface area contributed by atoms with Crippen molar-refractivity contribution in [3.63, 3.8) is 0 Å². The van der Waals surface area contributed by atoms with Crippen LogP contribution in [0.5, 0.6) is 5.75 Å². The van der Waals surface area contributed by atoms with E-state index in [2.05, 4.69) is 15.5 Å². The van der Waals surface area contributed by atoms with Crippen LogP contribution in [0.1, 0.15) is 40.2 Å². The van der Waals surface area contributed by atoms with Gasteiger partial charge in [-0.25, -0.2) is 0 Å². The Balaban J connectivity index is 1.52. The monoisotopic (exact) mass is 370 g/mol. The zero-order valence-corrected chi connectivity index (χ0v) is 16.0. The summed E-state index contributed by atoms with van der Waals surface area (Å²) < 4.78 is 5.18. The number of methoxy groups -OCH3 is 1. The van der Waals surface area contributed by atoms with Gasteiger partial charge in [0.25, 0.3) is 5.91 Å². The molecular formula is C20H26N4O3. The highest BCUT2D eigenvalue weighted by atomic mass is 16.5. The number of nitrogens with zero attached hydrogens (tertiary/aromatic N) is 2. The molecule has 0 radical (unpaired) electrons. The number of H-pyrrole nitrogens is 1. The van der Waals surface area contributed by atoms with Crippen molar-refractivity contribution < 1.29 is 14.3 Å². The lowest BCUT2D eigenvalue weighted by molar-refractivity contribution is -0.126. The summed E-state index contributed by atoms with van der Waals surface area (Å²) in [5, 5.41) is 10.1. The first-order valence-electron chi connectivity index (χ1n) is 9.21. The second-order valence-corrected chi connectivity index (χ2v) is 6.93. The summed E-state index contributed by atoms with van der Waals surface area (Å²) in [4.78, 5) is 27.0. The molecule has 0 atom stereocenters. The Morgan fingerprint density at radius 2 is 2.04 bits per heavy atom. The first-order chi connectivity index (χ1) is 13.0. The topological polar surface area (TPSA) is 87.3 Å². The molecule has 0 spiro atoms. The summed E-state index contributed by atoms with van der Waals surface area (Å²) in [7, 11) is 1.58. The van der Waals surface area contributed by atoms with Crippen molar-refractivity contribution in [1.82, 2.24) is 20.4 Å². The van der Waals surface area contributed by atoms with E-state index in [-0.39, 0.29) is 17.7 Å². The summed E-state index contributed by atoms with van der Waals surface area (Å²) in [6.07, 6.45) is 1.34. The molecule has 2 aromatic rings. The van der Waals surface area contributed by atoms with Crippen molar-refractivity contribution in [3.8, 4) is 5.75 Å². The number of hydrogen-bond donors (Lipinski definition) is 2. The van der Waals surface area contributed by atoms with E-state index in [9.17, 15) is 9.59 Å². The van der Waals surface area contributed by atoms with Crippen molar-refractivity contribution >= 4 is 11.8 Å². The summed E-state index contributed by atoms with van der Waals surface area (Å²) in [6.45, 7) is 5.52. The van der Waals surface area contributed by atoms with Crippen molar-refractivity contribution in [2.45, 2.75) is 33.2 Å². The largest absolute Gasteiger partial charge is 0.497 e. The Morgan fingerprint density at radius 1 is 1.30 bits per heavy atom. The fourth-order valence-corrected chi connectivity index (χ4v) is 3.44. The molecule has 1 aromatic carbocycles. The third-order valence-corrected chi connectivity index (χ3v) is 5.19. The van der Waals surface area contributed by atoms with Gasteiger partial charge in [0.05, 0.1) is 12.8 Å². The predicted octanol–water partition coefficient (Wildman–Crippen LogP) is 2.20. The minimum atomic E-state index is -0.0631. The number of benzene rings is 1. The third-order valence-electron chi connectivity index (χ3n) is 5.19. The van der Waals surface area contributed by atoms with Crippen LogP contribution in [0.25, 0.3) is 0 Å². The molecule has 7 heteroatoms. The second kappa shape index (κ2) is 8.24. The number of carbonyl (C=O) groups excluding carboxylic acids is 2. The molecule has 144 valence electrons. The number of aromatic nitrogens is 2. The summed E-state index contributed by atoms with van der Waals surface area (Å²) >= 11 is 0. The van der Waals surface area contributed by atoms with Gasteiger partial charge < -0.3 is 15.0 Å². The van der Waals surface area contributed by atoms with Crippen LogP contribution >= 0.6 is 0 Å². The molecule has 2 N–H and O–H groups in total. The quantitative estimate of drug-likeness (QED) is 0.845. The van der Waals surface area contributed by atoms with E-state index in [0.29, 0.717) is 43.8 Å². The number of aromatic amines is 1. The SMILES string of the molecule is COc1cccc(C(=O)N2CCC(C(=O)NCc3c(C)n[nH]c3C)CC2)c1. The number of rotatable bonds is 5. The molecule has 7 nitrogen and oxygen atoms in total. The average Bonchev–Trinajstić information content (AvgIpc) is 3.03. The zero-order valence-electron chi connectivity index (χ0n) is 16.0. The number of aryl methyl sites for hydroxylation is 2. The normalized spacial score (nSPS) is 14.9. The van der Waals surface area contributed by atoms with E-state index >= 15 is 0 Å². The maximum Gasteiger partial charge on any atom is 0.253 e. The number of piperidine rings is 1. The van der Waals surface area contributed by atoms with Gasteiger partial charge in [0.2, 0.25) is 5.91 Å². The van der Waals surface area contributed by atoms with Gasteiger partial charge in [-0.05, 0) is 44.9 Å². The van der Waals surface area contributed by atoms with E-state index in [1.54, 1.807) is 19.2 Å². The van der Waals surface area contributed by atoms with Crippen LogP contribution in [0.4, 0.5) is 0 Å². The van der Waals surface area contributed by atoms with Crippen molar-refractivity contribution in [2.24, 2.45) is 5.92 Å². The van der Waals surface area contributed by atoms with E-state index in [1.165, 1.54) is 0 Å². The van der Waals surface area contributed by atoms with Crippen LogP contribution in [0, 0.1) is 19.8 Å². The van der Waals surface area contributed by atoms with Gasteiger partial charge in [-0.3, -0.25) is 14.7 Å². The van der Waals surface area contributed by atoms with Gasteiger partial charge in [-0.2, -0.15) is 5.10 Å². The summed E-state index contributed by atoms with van der Waals surface area (Å²) in [6, 6.07) is 7.17. The summed E-state index contributed by atoms with van der Waals surface area (Å²) in [5.74, 6) is 0.632. The molecule has 27 heavy (non-hydrogen) atoms. The smallest absolute Gasteiger partial charge is 0.253 e. The molecule has 3 rings (SSSR count). The average molecular weight is 370 g/mol. The van der Waals surface area contributed by atoms with Crippen molar-refractivity contribution in [3.05, 3.63) is 46.8 Å². The molecule has 0 bridgehead atoms. The molecule has 1 aliphatic rings. The lowest BCUT2D eigenvalue weighted by Crippen LogP contribution is -2.43. The van der Waals surface area contributed by atoms with Crippen LogP contribution < -0.4 is 10.1 Å². The van der Waals surface area contributed by atoms with Crippen molar-refractivity contribution in [1.29, 1.82) is 0 Å². The number of likely N-dealkylation sites (tertiary alicyclic amines) is 1. The zero-order chi connectivity index (χ0) is 19.4. The number of nitrogens with one attached hydrogen (secondary N) is 2. The highest BCUT2D eigenvalue weighted by Crippen LogP contribution is 2.21. The van der Waals surface area contributed by atoms with Gasteiger partial charge in [0.1, 0.15) is 5.75 Å². The van der Waals surface area contributed by atoms with E-state index in [4.69, 9.17) is 4.74 Å². The molecule has 1 aromatic heterocycles. The first kappa shape index (κ1) is 18.9. The Hall–Kier alpha value is -2.83. The van der Waals surface area contributed by atoms with Gasteiger partial charge in [0, 0.05) is 42.4 Å². The summed E-state index contributed by atoms with van der Waals surface area (Å²) in [5.41, 5.74) is 3.54. The van der Waals surface area contributed by atoms with Crippen LogP contribution in [0.2, 0.25) is 0 Å². The van der Waals surface area contributed by atoms with Crippen LogP contribution in [-0.2, 0) is 11.3 Å². The fourth-order valence-electron chi connectivity index (χ4n) is 3.44. The third kappa shape index (κ3) is 4.30. The Kier molecular flexibility index (Phi) is 5.78. The lowest BCUT2D eigenvalue weighted by Gasteiger charge is -2.31. The molecule has 1 saturated heterocycles. The highest BCUT2D eigenvalue weighted by molar-refractivity contribution is 5.94. The Labute approximate surface area is 159 Å². The molecular weight excluding hydrogens is 344 g/mol. The maximum atomic E-state index is 12.7. The lowest BCUT2D eigenvalue weighted by atomic mass is 9.95. The second-order valence-electron chi connectivity index (χ2n) is 6.93. The minimum absolute atomic E-state index is 0.0163. The minimum Gasteiger partial charge on any atom is -0.497 e. The van der Waals surface area contributed by atoms with Crippen LogP contribution in [0.3, 0.4) is 0 Å². The van der Waals surface area contributed by atoms with E-state index in [1.807, 2.05) is 30.9 Å². The van der Waals surface area contributed by atoms with Gasteiger partial charge in [-0.1, -0.05) is 6.07 Å². The predicted molar refractivity (Wildman–Crippen MR) is 102 cm³/mol. The van der Waals surface area contributed by atoms with Gasteiger partial charge in [0.15, 0.2) is 0 Å². The number of hydrogen-bond acceptors (Lipinski definition) is 4. The van der Waals surface area contributed by atoms with Gasteiger partial charge in [-0.15, -0.1) is 0 Å². The molecule has 0 saturated carbocycles. The Bertz CT molecular complexity index is 803. The molecule has 0 unspecified atom stereocenters. The van der Waals surface area contributed by atoms with E-state index in [0.717, 1.165) is 17.0 Å². The van der Waals surface area contributed by atoms with Crippen LogP contribution in [0.15, 0.2) is 24.3 Å². The molecule has 2 amide bonds. The standard InChI is InChI=1S/C20H26N4O3/c1-13-18(14(2)23-22-13)12-21-19(25)15-7-9-24(10-8-15)20(26)16-5-4-6-17(11-16)27-3/h4-6,11,15H,7-10,12H2,1-3H3,(H,21,25)(H,22,23). The molecule has 1 aliphatic heterocycles. The number of ether oxygens (including phenoxy) is 1. The molecule has 0 aliphatic carbocycles. The Morgan fingerprint density at radius 3 is 2.67 bits per heavy atom. The number of carbonyl (C=O) groups is 2. The molecule has 2 heterocycles. The highest BCUT2D eigenvalue weighted by Gasteiger charge is 2.28. The fraction of sp³-hybridized carbons (Fsp3) is 0.450. The number of amides is 2. The van der Waals surface area contributed by atoms with Crippen molar-refractivity contribution in [2.75, 3.05) is 20.2 Å². The van der Waals surface area contributed by atoms with E-state index < -0.39 is 0 Å². The maximum absolute atomic E-state index is 12.7. The molecule has 1 fully saturated rings. The van der Waals surface area contributed by atoms with Gasteiger partial charge >= 0.3 is 0 Å². The first-order valence-corrected chi connectivity index (χ1v) is 9.21.